The fourth-order valence-electron chi connectivity index (χ4n) is 2.86. The van der Waals surface area contributed by atoms with Crippen molar-refractivity contribution in [1.29, 1.82) is 0 Å². The van der Waals surface area contributed by atoms with Crippen molar-refractivity contribution in [2.75, 3.05) is 18.5 Å². The number of thiocarbonyl (C=S) groups is 1. The molecule has 0 radical (unpaired) electrons. The van der Waals surface area contributed by atoms with Gasteiger partial charge in [-0.05, 0) is 37.2 Å². The Labute approximate surface area is 135 Å². The molecule has 1 aromatic rings. The maximum Gasteiger partial charge on any atom is 0.229 e. The van der Waals surface area contributed by atoms with Gasteiger partial charge in [-0.3, -0.25) is 4.79 Å². The van der Waals surface area contributed by atoms with Crippen LogP contribution in [0.2, 0.25) is 0 Å². The van der Waals surface area contributed by atoms with Crippen molar-refractivity contribution in [3.63, 3.8) is 0 Å². The lowest BCUT2D eigenvalue weighted by atomic mass is 9.89. The Balaban J connectivity index is 1.56. The van der Waals surface area contributed by atoms with Crippen molar-refractivity contribution in [2.45, 2.75) is 32.1 Å². The van der Waals surface area contributed by atoms with E-state index in [0.717, 1.165) is 37.1 Å². The first-order chi connectivity index (χ1) is 10.7. The first kappa shape index (κ1) is 15.1. The highest BCUT2D eigenvalue weighted by atomic mass is 32.1. The number of benzene rings is 1. The summed E-state index contributed by atoms with van der Waals surface area (Å²) in [5, 5.41) is 6.14. The standard InChI is InChI=1S/C16H20N2O3S/c19-15(11-4-2-1-3-5-11)18-16(22)17-12-6-7-13-14(10-12)21-9-8-20-13/h6-7,10-11H,1-5,8-9H2,(H2,17,18,19,22). The zero-order valence-corrected chi connectivity index (χ0v) is 13.2. The number of hydrogen-bond donors (Lipinski definition) is 2. The van der Waals surface area contributed by atoms with Crippen molar-refractivity contribution in [3.8, 4) is 11.5 Å². The molecular weight excluding hydrogens is 300 g/mol. The van der Waals surface area contributed by atoms with Gasteiger partial charge in [-0.2, -0.15) is 0 Å². The van der Waals surface area contributed by atoms with E-state index in [1.807, 2.05) is 18.2 Å². The number of fused-ring (bicyclic) bond motifs is 1. The zero-order valence-electron chi connectivity index (χ0n) is 12.4. The van der Waals surface area contributed by atoms with Crippen LogP contribution in [0.4, 0.5) is 5.69 Å². The topological polar surface area (TPSA) is 59.6 Å². The Hall–Kier alpha value is -1.82. The van der Waals surface area contributed by atoms with Crippen LogP contribution in [0.15, 0.2) is 18.2 Å². The van der Waals surface area contributed by atoms with Crippen LogP contribution in [0.3, 0.4) is 0 Å². The summed E-state index contributed by atoms with van der Waals surface area (Å²) in [5.74, 6) is 1.54. The monoisotopic (exact) mass is 320 g/mol. The molecule has 1 fully saturated rings. The molecular formula is C16H20N2O3S. The number of rotatable bonds is 2. The summed E-state index contributed by atoms with van der Waals surface area (Å²) in [5.41, 5.74) is 0.776. The van der Waals surface area contributed by atoms with Gasteiger partial charge in [0.2, 0.25) is 5.91 Å². The van der Waals surface area contributed by atoms with Crippen molar-refractivity contribution >= 4 is 28.9 Å². The Morgan fingerprint density at radius 1 is 1.09 bits per heavy atom. The maximum absolute atomic E-state index is 12.1. The minimum absolute atomic E-state index is 0.0229. The van der Waals surface area contributed by atoms with Crippen LogP contribution in [0, 0.1) is 5.92 Å². The van der Waals surface area contributed by atoms with Gasteiger partial charge >= 0.3 is 0 Å². The molecule has 1 aliphatic carbocycles. The van der Waals surface area contributed by atoms with Crippen LogP contribution >= 0.6 is 12.2 Å². The molecule has 1 amide bonds. The summed E-state index contributed by atoms with van der Waals surface area (Å²) in [6.07, 6.45) is 5.39. The Kier molecular flexibility index (Phi) is 4.77. The smallest absolute Gasteiger partial charge is 0.229 e. The highest BCUT2D eigenvalue weighted by Gasteiger charge is 2.21. The van der Waals surface area contributed by atoms with E-state index in [0.29, 0.717) is 24.1 Å². The normalized spacial score (nSPS) is 17.6. The number of hydrogen-bond acceptors (Lipinski definition) is 4. The molecule has 0 saturated heterocycles. The van der Waals surface area contributed by atoms with Gasteiger partial charge in [0, 0.05) is 17.7 Å². The molecule has 2 aliphatic rings. The van der Waals surface area contributed by atoms with Crippen LogP contribution in [-0.4, -0.2) is 24.2 Å². The van der Waals surface area contributed by atoms with E-state index >= 15 is 0 Å². The van der Waals surface area contributed by atoms with E-state index in [9.17, 15) is 4.79 Å². The predicted molar refractivity (Wildman–Crippen MR) is 88.4 cm³/mol. The van der Waals surface area contributed by atoms with Crippen LogP contribution in [0.25, 0.3) is 0 Å². The van der Waals surface area contributed by atoms with Gasteiger partial charge in [-0.1, -0.05) is 19.3 Å². The molecule has 22 heavy (non-hydrogen) atoms. The molecule has 0 bridgehead atoms. The van der Waals surface area contributed by atoms with E-state index in [-0.39, 0.29) is 11.8 Å². The van der Waals surface area contributed by atoms with Gasteiger partial charge in [0.1, 0.15) is 13.2 Å². The Bertz CT molecular complexity index is 571. The minimum atomic E-state index is 0.0229. The number of ether oxygens (including phenoxy) is 2. The number of carbonyl (C=O) groups is 1. The molecule has 1 aromatic carbocycles. The molecule has 118 valence electrons. The number of nitrogens with one attached hydrogen (secondary N) is 2. The Morgan fingerprint density at radius 3 is 2.59 bits per heavy atom. The summed E-state index contributed by atoms with van der Waals surface area (Å²) >= 11 is 5.22. The van der Waals surface area contributed by atoms with Crippen molar-refractivity contribution < 1.29 is 14.3 Å². The third-order valence-corrected chi connectivity index (χ3v) is 4.22. The number of carbonyl (C=O) groups excluding carboxylic acids is 1. The van der Waals surface area contributed by atoms with Crippen molar-refractivity contribution in [1.82, 2.24) is 5.32 Å². The molecule has 0 aromatic heterocycles. The number of amides is 1. The highest BCUT2D eigenvalue weighted by molar-refractivity contribution is 7.80. The second-order valence-corrected chi connectivity index (χ2v) is 6.04. The van der Waals surface area contributed by atoms with Gasteiger partial charge < -0.3 is 20.1 Å². The second kappa shape index (κ2) is 6.96. The summed E-state index contributed by atoms with van der Waals surface area (Å²) < 4.78 is 11.0. The maximum atomic E-state index is 12.1. The fourth-order valence-corrected chi connectivity index (χ4v) is 3.08. The average Bonchev–Trinajstić information content (AvgIpc) is 2.55. The molecule has 3 rings (SSSR count). The summed E-state index contributed by atoms with van der Waals surface area (Å²) in [6, 6.07) is 5.52. The van der Waals surface area contributed by atoms with Gasteiger partial charge in [0.25, 0.3) is 0 Å². The lowest BCUT2D eigenvalue weighted by Crippen LogP contribution is -2.39. The largest absolute Gasteiger partial charge is 0.486 e. The average molecular weight is 320 g/mol. The third kappa shape index (κ3) is 3.68. The quantitative estimate of drug-likeness (QED) is 0.821. The predicted octanol–water partition coefficient (Wildman–Crippen LogP) is 2.85. The van der Waals surface area contributed by atoms with E-state index in [2.05, 4.69) is 10.6 Å². The van der Waals surface area contributed by atoms with Crippen LogP contribution < -0.4 is 20.1 Å². The lowest BCUT2D eigenvalue weighted by molar-refractivity contribution is -0.124. The summed E-state index contributed by atoms with van der Waals surface area (Å²) in [6.45, 7) is 1.11. The number of anilines is 1. The second-order valence-electron chi connectivity index (χ2n) is 5.64. The summed E-state index contributed by atoms with van der Waals surface area (Å²) in [7, 11) is 0. The fraction of sp³-hybridized carbons (Fsp3) is 0.500. The van der Waals surface area contributed by atoms with Gasteiger partial charge in [0.15, 0.2) is 16.6 Å². The molecule has 1 saturated carbocycles. The molecule has 0 spiro atoms. The van der Waals surface area contributed by atoms with Crippen molar-refractivity contribution in [3.05, 3.63) is 18.2 Å². The first-order valence-electron chi connectivity index (χ1n) is 7.74. The van der Waals surface area contributed by atoms with Gasteiger partial charge in [0.05, 0.1) is 0 Å². The molecule has 6 heteroatoms. The molecule has 2 N–H and O–H groups in total. The van der Waals surface area contributed by atoms with E-state index < -0.39 is 0 Å². The lowest BCUT2D eigenvalue weighted by Gasteiger charge is -2.22. The van der Waals surface area contributed by atoms with E-state index in [1.54, 1.807) is 0 Å². The third-order valence-electron chi connectivity index (χ3n) is 4.01. The first-order valence-corrected chi connectivity index (χ1v) is 8.15. The molecule has 5 nitrogen and oxygen atoms in total. The molecule has 1 heterocycles. The van der Waals surface area contributed by atoms with Crippen molar-refractivity contribution in [2.24, 2.45) is 5.92 Å². The van der Waals surface area contributed by atoms with E-state index in [1.165, 1.54) is 6.42 Å². The highest BCUT2D eigenvalue weighted by Crippen LogP contribution is 2.32. The van der Waals surface area contributed by atoms with Crippen LogP contribution in [0.5, 0.6) is 11.5 Å². The van der Waals surface area contributed by atoms with Gasteiger partial charge in [-0.25, -0.2) is 0 Å². The Morgan fingerprint density at radius 2 is 1.82 bits per heavy atom. The summed E-state index contributed by atoms with van der Waals surface area (Å²) in [4.78, 5) is 12.1. The molecule has 0 unspecified atom stereocenters. The van der Waals surface area contributed by atoms with Crippen LogP contribution in [-0.2, 0) is 4.79 Å². The SMILES string of the molecule is O=C(NC(=S)Nc1ccc2c(c1)OCCO2)C1CCCCC1. The van der Waals surface area contributed by atoms with Crippen LogP contribution in [0.1, 0.15) is 32.1 Å². The molecule has 1 aliphatic heterocycles. The molecule has 0 atom stereocenters. The van der Waals surface area contributed by atoms with E-state index in [4.69, 9.17) is 21.7 Å². The minimum Gasteiger partial charge on any atom is -0.486 e. The zero-order chi connectivity index (χ0) is 15.4. The van der Waals surface area contributed by atoms with Gasteiger partial charge in [-0.15, -0.1) is 0 Å².